The van der Waals surface area contributed by atoms with Crippen LogP contribution in [0.3, 0.4) is 0 Å². The summed E-state index contributed by atoms with van der Waals surface area (Å²) in [6.07, 6.45) is 0. The van der Waals surface area contributed by atoms with Gasteiger partial charge in [0, 0.05) is 12.7 Å². The fraction of sp³-hybridized carbons (Fsp3) is 0.167. The van der Waals surface area contributed by atoms with Crippen molar-refractivity contribution < 1.29 is 18.3 Å². The quantitative estimate of drug-likeness (QED) is 0.449. The van der Waals surface area contributed by atoms with Crippen molar-refractivity contribution in [2.24, 2.45) is 0 Å². The standard InChI is InChI=1S/C24H21FN2O4/c1-26(19-5-3-2-4-6-19)23(28)16-27-21-15-18(9-12-22(21)31-24(27)29)17-7-10-20(11-8-17)30-14-13-25/h2-12,15H,13-14,16H2,1H3/i25-1. The van der Waals surface area contributed by atoms with E-state index < -0.39 is 12.4 Å². The number of alkyl halides is 1. The van der Waals surface area contributed by atoms with E-state index in [-0.39, 0.29) is 19.1 Å². The molecule has 0 atom stereocenters. The highest BCUT2D eigenvalue weighted by molar-refractivity contribution is 5.93. The lowest BCUT2D eigenvalue weighted by atomic mass is 10.1. The molecule has 1 heterocycles. The van der Waals surface area contributed by atoms with E-state index in [0.717, 1.165) is 16.8 Å². The molecule has 1 amide bonds. The van der Waals surface area contributed by atoms with E-state index in [1.807, 2.05) is 54.6 Å². The Labute approximate surface area is 178 Å². The first-order valence-electron chi connectivity index (χ1n) is 9.81. The van der Waals surface area contributed by atoms with Crippen LogP contribution in [0.15, 0.2) is 82.0 Å². The minimum atomic E-state index is -0.586. The highest BCUT2D eigenvalue weighted by atomic mass is 18.2. The van der Waals surface area contributed by atoms with E-state index in [1.165, 1.54) is 9.47 Å². The minimum absolute atomic E-state index is 0.0120. The molecule has 0 aliphatic heterocycles. The summed E-state index contributed by atoms with van der Waals surface area (Å²) in [5.41, 5.74) is 3.43. The maximum atomic E-state index is 12.8. The number of para-hydroxylation sites is 1. The van der Waals surface area contributed by atoms with Crippen LogP contribution in [0.5, 0.6) is 5.75 Å². The van der Waals surface area contributed by atoms with Crippen molar-refractivity contribution in [3.05, 3.63) is 83.3 Å². The number of carbonyl (C=O) groups excluding carboxylic acids is 1. The summed E-state index contributed by atoms with van der Waals surface area (Å²) in [5.74, 6) is -0.245. The van der Waals surface area contributed by atoms with E-state index in [0.29, 0.717) is 16.8 Å². The average molecular weight is 419 g/mol. The second kappa shape index (κ2) is 8.87. The summed E-state index contributed by atoms with van der Waals surface area (Å²) in [5, 5.41) is 0. The third kappa shape index (κ3) is 4.35. The molecule has 0 saturated carbocycles. The van der Waals surface area contributed by atoms with Crippen molar-refractivity contribution in [2.45, 2.75) is 6.54 Å². The Morgan fingerprint density at radius 1 is 1.03 bits per heavy atom. The molecular formula is C24H21FN2O4. The van der Waals surface area contributed by atoms with E-state index in [1.54, 1.807) is 25.2 Å². The maximum absolute atomic E-state index is 12.8. The van der Waals surface area contributed by atoms with Gasteiger partial charge in [-0.2, -0.15) is 0 Å². The summed E-state index contributed by atoms with van der Waals surface area (Å²) in [6.45, 7) is -0.677. The van der Waals surface area contributed by atoms with Gasteiger partial charge in [-0.05, 0) is 47.5 Å². The van der Waals surface area contributed by atoms with E-state index in [2.05, 4.69) is 0 Å². The molecule has 0 aliphatic carbocycles. The smallest absolute Gasteiger partial charge is 0.420 e. The molecule has 158 valence electrons. The van der Waals surface area contributed by atoms with Gasteiger partial charge in [0.1, 0.15) is 25.6 Å². The number of hydrogen-bond donors (Lipinski definition) is 0. The summed E-state index contributed by atoms with van der Waals surface area (Å²) in [4.78, 5) is 26.7. The number of rotatable bonds is 7. The zero-order valence-electron chi connectivity index (χ0n) is 17.0. The first-order chi connectivity index (χ1) is 15.1. The molecule has 0 unspecified atom stereocenters. The van der Waals surface area contributed by atoms with Crippen LogP contribution in [0.4, 0.5) is 10.1 Å². The second-order valence-electron chi connectivity index (χ2n) is 6.99. The Bertz CT molecular complexity index is 1250. The first kappa shape index (κ1) is 20.4. The summed E-state index contributed by atoms with van der Waals surface area (Å²) in [7, 11) is 1.67. The Morgan fingerprint density at radius 3 is 2.45 bits per heavy atom. The number of fused-ring (bicyclic) bond motifs is 1. The third-order valence-electron chi connectivity index (χ3n) is 5.01. The predicted molar refractivity (Wildman–Crippen MR) is 117 cm³/mol. The number of ether oxygens (including phenoxy) is 1. The van der Waals surface area contributed by atoms with Gasteiger partial charge in [0.2, 0.25) is 5.91 Å². The Morgan fingerprint density at radius 2 is 1.74 bits per heavy atom. The van der Waals surface area contributed by atoms with Gasteiger partial charge in [0.05, 0.1) is 5.52 Å². The third-order valence-corrected chi connectivity index (χ3v) is 5.01. The zero-order valence-corrected chi connectivity index (χ0v) is 17.0. The van der Waals surface area contributed by atoms with Gasteiger partial charge in [-0.3, -0.25) is 9.36 Å². The Hall–Kier alpha value is -3.87. The van der Waals surface area contributed by atoms with Crippen LogP contribution in [0.25, 0.3) is 22.2 Å². The normalized spacial score (nSPS) is 10.9. The first-order valence-corrected chi connectivity index (χ1v) is 9.81. The number of carbonyl (C=O) groups is 1. The summed E-state index contributed by atoms with van der Waals surface area (Å²) in [6, 6.07) is 21.8. The fourth-order valence-electron chi connectivity index (χ4n) is 3.33. The number of halogens is 1. The van der Waals surface area contributed by atoms with Crippen molar-refractivity contribution in [3.8, 4) is 16.9 Å². The van der Waals surface area contributed by atoms with Crippen LogP contribution >= 0.6 is 0 Å². The molecule has 0 radical (unpaired) electrons. The molecule has 0 saturated heterocycles. The highest BCUT2D eigenvalue weighted by Gasteiger charge is 2.17. The lowest BCUT2D eigenvalue weighted by Gasteiger charge is -2.17. The van der Waals surface area contributed by atoms with E-state index in [9.17, 15) is 14.0 Å². The SMILES string of the molecule is CN(C(=O)Cn1c(=O)oc2ccc(-c3ccc(OCC[18F])cc3)cc21)c1ccccc1. The molecule has 4 rings (SSSR count). The molecule has 3 aromatic carbocycles. The van der Waals surface area contributed by atoms with Gasteiger partial charge < -0.3 is 14.1 Å². The summed E-state index contributed by atoms with van der Waals surface area (Å²) < 4.78 is 24.2. The highest BCUT2D eigenvalue weighted by Crippen LogP contribution is 2.26. The van der Waals surface area contributed by atoms with Crippen LogP contribution < -0.4 is 15.4 Å². The number of nitrogens with zero attached hydrogens (tertiary/aromatic N) is 2. The van der Waals surface area contributed by atoms with Crippen molar-refractivity contribution in [1.29, 1.82) is 0 Å². The number of hydrogen-bond acceptors (Lipinski definition) is 4. The second-order valence-corrected chi connectivity index (χ2v) is 6.99. The Kier molecular flexibility index (Phi) is 5.84. The molecule has 0 aliphatic rings. The van der Waals surface area contributed by atoms with Gasteiger partial charge >= 0.3 is 5.76 Å². The zero-order chi connectivity index (χ0) is 21.8. The number of aromatic nitrogens is 1. The van der Waals surface area contributed by atoms with E-state index in [4.69, 9.17) is 9.15 Å². The minimum Gasteiger partial charge on any atom is -0.491 e. The van der Waals surface area contributed by atoms with Crippen molar-refractivity contribution in [2.75, 3.05) is 25.2 Å². The van der Waals surface area contributed by atoms with Crippen LogP contribution in [0.2, 0.25) is 0 Å². The molecule has 4 aromatic rings. The molecule has 0 spiro atoms. The van der Waals surface area contributed by atoms with Crippen molar-refractivity contribution >= 4 is 22.7 Å². The van der Waals surface area contributed by atoms with E-state index >= 15 is 0 Å². The van der Waals surface area contributed by atoms with Gasteiger partial charge in [0.15, 0.2) is 5.58 Å². The van der Waals surface area contributed by atoms with Gasteiger partial charge in [-0.1, -0.05) is 36.4 Å². The topological polar surface area (TPSA) is 64.7 Å². The number of anilines is 1. The molecule has 1 aromatic heterocycles. The predicted octanol–water partition coefficient (Wildman–Crippen LogP) is 4.27. The lowest BCUT2D eigenvalue weighted by molar-refractivity contribution is -0.118. The van der Waals surface area contributed by atoms with Crippen LogP contribution in [-0.2, 0) is 11.3 Å². The number of benzene rings is 3. The van der Waals surface area contributed by atoms with Gasteiger partial charge in [-0.15, -0.1) is 0 Å². The maximum Gasteiger partial charge on any atom is 0.420 e. The lowest BCUT2D eigenvalue weighted by Crippen LogP contribution is -2.32. The molecule has 7 heteroatoms. The number of likely N-dealkylation sites (N-methyl/N-ethyl adjacent to an activating group) is 1. The number of oxazole rings is 1. The largest absolute Gasteiger partial charge is 0.491 e. The molecule has 0 N–H and O–H groups in total. The molecule has 6 nitrogen and oxygen atoms in total. The molecule has 0 bridgehead atoms. The van der Waals surface area contributed by atoms with Crippen LogP contribution in [0.1, 0.15) is 0 Å². The van der Waals surface area contributed by atoms with Gasteiger partial charge in [-0.25, -0.2) is 9.18 Å². The number of amides is 1. The van der Waals surface area contributed by atoms with Crippen LogP contribution in [0, 0.1) is 0 Å². The molecular weight excluding hydrogens is 398 g/mol. The van der Waals surface area contributed by atoms with Crippen molar-refractivity contribution in [1.82, 2.24) is 4.57 Å². The fourth-order valence-corrected chi connectivity index (χ4v) is 3.33. The molecule has 31 heavy (non-hydrogen) atoms. The van der Waals surface area contributed by atoms with Crippen molar-refractivity contribution in [3.63, 3.8) is 0 Å². The average Bonchev–Trinajstić information content (AvgIpc) is 3.12. The van der Waals surface area contributed by atoms with Crippen LogP contribution in [-0.4, -0.2) is 30.8 Å². The Balaban J connectivity index is 1.62. The monoisotopic (exact) mass is 419 g/mol. The summed E-state index contributed by atoms with van der Waals surface area (Å²) >= 11 is 0. The molecule has 0 fully saturated rings. The van der Waals surface area contributed by atoms with Gasteiger partial charge in [0.25, 0.3) is 0 Å².